The van der Waals surface area contributed by atoms with Gasteiger partial charge < -0.3 is 20.5 Å². The summed E-state index contributed by atoms with van der Waals surface area (Å²) < 4.78 is 17.0. The van der Waals surface area contributed by atoms with E-state index in [4.69, 9.17) is 22.1 Å². The maximum Gasteiger partial charge on any atom is 0.259 e. The minimum absolute atomic E-state index is 0.178. The predicted octanol–water partition coefficient (Wildman–Crippen LogP) is 3.26. The van der Waals surface area contributed by atoms with Crippen molar-refractivity contribution in [2.24, 2.45) is 5.73 Å². The first kappa shape index (κ1) is 21.8. The van der Waals surface area contributed by atoms with E-state index in [2.05, 4.69) is 31.8 Å². The molecule has 7 heteroatoms. The second-order valence-electron chi connectivity index (χ2n) is 3.51. The van der Waals surface area contributed by atoms with Crippen molar-refractivity contribution in [2.75, 3.05) is 19.7 Å². The number of rotatable bonds is 3. The van der Waals surface area contributed by atoms with Gasteiger partial charge in [-0.3, -0.25) is 0 Å². The molecule has 0 aromatic heterocycles. The molecule has 0 fully saturated rings. The van der Waals surface area contributed by atoms with Gasteiger partial charge in [-0.1, -0.05) is 18.2 Å². The van der Waals surface area contributed by atoms with E-state index >= 15 is 0 Å². The van der Waals surface area contributed by atoms with Crippen LogP contribution in [0.3, 0.4) is 0 Å². The Morgan fingerprint density at radius 2 is 1.62 bits per heavy atom. The third-order valence-corrected chi connectivity index (χ3v) is 2.40. The Hall–Kier alpha value is -1.47. The Bertz CT molecular complexity index is 384. The quantitative estimate of drug-likeness (QED) is 0.828. The van der Waals surface area contributed by atoms with Gasteiger partial charge in [0.2, 0.25) is 0 Å². The number of aliphatic hydroxyl groups excluding tert-OH is 1. The zero-order chi connectivity index (χ0) is 16.7. The molecule has 4 nitrogen and oxygen atoms in total. The lowest BCUT2D eigenvalue weighted by Gasteiger charge is -2.20. The summed E-state index contributed by atoms with van der Waals surface area (Å²) in [5.74, 6) is -0.178. The van der Waals surface area contributed by atoms with Crippen LogP contribution in [0.1, 0.15) is 20.8 Å². The number of nitrogens with two attached hydrogens (primary N) is 1. The van der Waals surface area contributed by atoms with Gasteiger partial charge in [0.25, 0.3) is 10.3 Å². The van der Waals surface area contributed by atoms with E-state index in [0.717, 1.165) is 13.1 Å². The van der Waals surface area contributed by atoms with Crippen LogP contribution in [-0.2, 0) is 4.74 Å². The third-order valence-electron chi connectivity index (χ3n) is 2.02. The first-order chi connectivity index (χ1) is 9.88. The van der Waals surface area contributed by atoms with Gasteiger partial charge in [-0.25, -0.2) is 4.39 Å². The molecule has 0 aliphatic heterocycles. The highest BCUT2D eigenvalue weighted by atomic mass is 32.1. The molecule has 0 spiro atoms. The Morgan fingerprint density at radius 1 is 1.19 bits per heavy atom. The average molecular weight is 334 g/mol. The predicted molar refractivity (Wildman–Crippen MR) is 93.0 cm³/mol. The molecule has 21 heavy (non-hydrogen) atoms. The molecule has 1 aromatic rings. The second-order valence-corrected chi connectivity index (χ2v) is 4.27. The molecule has 1 aromatic carbocycles. The number of benzene rings is 1. The van der Waals surface area contributed by atoms with Gasteiger partial charge in [-0.2, -0.15) is 0 Å². The number of aliphatic hydroxyl groups is 1. The number of thiocarbonyl (C=S) groups is 2. The van der Waals surface area contributed by atoms with Gasteiger partial charge in [0.15, 0.2) is 0 Å². The summed E-state index contributed by atoms with van der Waals surface area (Å²) in [5.41, 5.74) is 4.40. The Labute approximate surface area is 136 Å². The van der Waals surface area contributed by atoms with E-state index in [-0.39, 0.29) is 5.82 Å². The van der Waals surface area contributed by atoms with Crippen molar-refractivity contribution >= 4 is 34.8 Å². The molecule has 0 unspecified atom stereocenters. The first-order valence-electron chi connectivity index (χ1n) is 6.49. The minimum atomic E-state index is -0.500. The van der Waals surface area contributed by atoms with Crippen LogP contribution < -0.4 is 5.73 Å². The molecule has 0 heterocycles. The third kappa shape index (κ3) is 16.5. The van der Waals surface area contributed by atoms with Gasteiger partial charge in [0.1, 0.15) is 5.82 Å². The van der Waals surface area contributed by atoms with E-state index in [1.165, 1.54) is 12.1 Å². The van der Waals surface area contributed by atoms with E-state index in [9.17, 15) is 4.39 Å². The maximum absolute atomic E-state index is 11.9. The SMILES string of the molecule is CCOC(=S)N(CC)CC.Fc1ccccc1.NC(O)=S. The number of ether oxygens (including phenoxy) is 1. The molecule has 0 aliphatic carbocycles. The number of nitrogens with zero attached hydrogens (tertiary/aromatic N) is 1. The lowest BCUT2D eigenvalue weighted by molar-refractivity contribution is 0.264. The molecule has 0 radical (unpaired) electrons. The fourth-order valence-corrected chi connectivity index (χ4v) is 1.49. The van der Waals surface area contributed by atoms with Crippen LogP contribution >= 0.6 is 24.4 Å². The van der Waals surface area contributed by atoms with Gasteiger partial charge in [-0.15, -0.1) is 0 Å². The maximum atomic E-state index is 11.9. The monoisotopic (exact) mass is 334 g/mol. The van der Waals surface area contributed by atoms with Crippen LogP contribution in [0.4, 0.5) is 4.39 Å². The molecular weight excluding hydrogens is 311 g/mol. The molecule has 0 bridgehead atoms. The minimum Gasteiger partial charge on any atom is -0.487 e. The van der Waals surface area contributed by atoms with Crippen molar-refractivity contribution in [1.29, 1.82) is 0 Å². The lowest BCUT2D eigenvalue weighted by Crippen LogP contribution is -2.30. The van der Waals surface area contributed by atoms with Crippen molar-refractivity contribution in [3.63, 3.8) is 0 Å². The van der Waals surface area contributed by atoms with Crippen molar-refractivity contribution < 1.29 is 14.2 Å². The Kier molecular flexibility index (Phi) is 15.5. The molecule has 0 saturated heterocycles. The van der Waals surface area contributed by atoms with Crippen molar-refractivity contribution in [3.05, 3.63) is 36.1 Å². The summed E-state index contributed by atoms with van der Waals surface area (Å²) in [6.07, 6.45) is 0. The van der Waals surface area contributed by atoms with E-state index in [1.807, 2.05) is 11.8 Å². The van der Waals surface area contributed by atoms with Crippen LogP contribution in [0.25, 0.3) is 0 Å². The van der Waals surface area contributed by atoms with Crippen LogP contribution in [0.5, 0.6) is 0 Å². The highest BCUT2D eigenvalue weighted by Crippen LogP contribution is 1.93. The van der Waals surface area contributed by atoms with Crippen molar-refractivity contribution in [1.82, 2.24) is 4.90 Å². The summed E-state index contributed by atoms with van der Waals surface area (Å²) >= 11 is 8.85. The highest BCUT2D eigenvalue weighted by molar-refractivity contribution is 7.80. The Morgan fingerprint density at radius 3 is 1.86 bits per heavy atom. The number of hydrogen-bond acceptors (Lipinski definition) is 3. The zero-order valence-corrected chi connectivity index (χ0v) is 14.2. The number of hydrogen-bond donors (Lipinski definition) is 2. The fraction of sp³-hybridized carbons (Fsp3) is 0.429. The van der Waals surface area contributed by atoms with Crippen LogP contribution in [0.2, 0.25) is 0 Å². The summed E-state index contributed by atoms with van der Waals surface area (Å²) in [6.45, 7) is 8.58. The van der Waals surface area contributed by atoms with Gasteiger partial charge >= 0.3 is 0 Å². The standard InChI is InChI=1S/C7H15NOS.C6H5F.CH3NOS/c1-4-8(5-2)7(10)9-6-3;7-6-4-2-1-3-5-6;2-1(3)4/h4-6H2,1-3H3;1-5H;(H3,2,3,4). The van der Waals surface area contributed by atoms with E-state index < -0.39 is 5.17 Å². The lowest BCUT2D eigenvalue weighted by atomic mass is 10.4. The van der Waals surface area contributed by atoms with Crippen molar-refractivity contribution in [2.45, 2.75) is 20.8 Å². The zero-order valence-electron chi connectivity index (χ0n) is 12.6. The van der Waals surface area contributed by atoms with E-state index in [1.54, 1.807) is 18.2 Å². The fourth-order valence-electron chi connectivity index (χ4n) is 1.11. The molecule has 0 atom stereocenters. The summed E-state index contributed by atoms with van der Waals surface area (Å²) in [7, 11) is 0. The molecule has 1 rings (SSSR count). The normalized spacial score (nSPS) is 8.38. The molecule has 120 valence electrons. The first-order valence-corrected chi connectivity index (χ1v) is 7.31. The smallest absolute Gasteiger partial charge is 0.259 e. The molecule has 3 N–H and O–H groups in total. The van der Waals surface area contributed by atoms with Crippen LogP contribution in [-0.4, -0.2) is 40.1 Å². The van der Waals surface area contributed by atoms with Crippen molar-refractivity contribution in [3.8, 4) is 0 Å². The second kappa shape index (κ2) is 14.9. The molecule has 0 aliphatic rings. The number of halogens is 1. The highest BCUT2D eigenvalue weighted by Gasteiger charge is 2.03. The topological polar surface area (TPSA) is 58.7 Å². The van der Waals surface area contributed by atoms with Crippen LogP contribution in [0, 0.1) is 5.82 Å². The molecule has 0 amide bonds. The summed E-state index contributed by atoms with van der Waals surface area (Å²) in [5, 5.41) is 7.68. The van der Waals surface area contributed by atoms with E-state index in [0.29, 0.717) is 11.8 Å². The Balaban J connectivity index is 0. The van der Waals surface area contributed by atoms with Gasteiger partial charge in [0.05, 0.1) is 6.61 Å². The molecular formula is C14H23FN2O2S2. The van der Waals surface area contributed by atoms with Gasteiger partial charge in [-0.05, 0) is 57.3 Å². The summed E-state index contributed by atoms with van der Waals surface area (Å²) in [4.78, 5) is 2.01. The molecule has 0 saturated carbocycles. The largest absolute Gasteiger partial charge is 0.487 e. The van der Waals surface area contributed by atoms with Crippen LogP contribution in [0.15, 0.2) is 30.3 Å². The summed E-state index contributed by atoms with van der Waals surface area (Å²) in [6, 6.07) is 7.94. The van der Waals surface area contributed by atoms with Gasteiger partial charge in [0, 0.05) is 13.1 Å². The average Bonchev–Trinajstić information content (AvgIpc) is 2.41.